The van der Waals surface area contributed by atoms with Gasteiger partial charge in [0.1, 0.15) is 11.5 Å². The number of benzene rings is 3. The third-order valence-electron chi connectivity index (χ3n) is 5.08. The van der Waals surface area contributed by atoms with Gasteiger partial charge in [0, 0.05) is 16.3 Å². The van der Waals surface area contributed by atoms with E-state index in [4.69, 9.17) is 11.6 Å². The Labute approximate surface area is 178 Å². The molecule has 1 aliphatic heterocycles. The second kappa shape index (κ2) is 7.69. The van der Waals surface area contributed by atoms with Gasteiger partial charge in [-0.2, -0.15) is 0 Å². The lowest BCUT2D eigenvalue weighted by Crippen LogP contribution is -2.29. The number of carbonyl (C=O) groups excluding carboxylic acids is 2. The minimum absolute atomic E-state index is 0.000694. The van der Waals surface area contributed by atoms with Crippen LogP contribution in [0.5, 0.6) is 5.75 Å². The number of phenols is 1. The molecule has 1 unspecified atom stereocenters. The lowest BCUT2D eigenvalue weighted by molar-refractivity contribution is -0.132. The standard InChI is InChI=1S/C24H18ClNO4/c1-14-2-4-16(5-3-14)22(28)20-21(15-6-8-17(25)9-7-15)26(24(30)23(20)29)18-10-12-19(27)13-11-18/h2-13,21,27-28H,1H3/b22-20+. The van der Waals surface area contributed by atoms with E-state index >= 15 is 0 Å². The number of carbonyl (C=O) groups is 2. The van der Waals surface area contributed by atoms with E-state index in [2.05, 4.69) is 0 Å². The summed E-state index contributed by atoms with van der Waals surface area (Å²) in [4.78, 5) is 27.3. The number of hydrogen-bond donors (Lipinski definition) is 2. The summed E-state index contributed by atoms with van der Waals surface area (Å²) >= 11 is 6.02. The van der Waals surface area contributed by atoms with Crippen LogP contribution in [0, 0.1) is 6.92 Å². The second-order valence-electron chi connectivity index (χ2n) is 7.10. The number of anilines is 1. The van der Waals surface area contributed by atoms with Crippen molar-refractivity contribution in [2.75, 3.05) is 4.90 Å². The van der Waals surface area contributed by atoms with Gasteiger partial charge in [-0.3, -0.25) is 14.5 Å². The summed E-state index contributed by atoms with van der Waals surface area (Å²) in [6, 6.07) is 19.0. The highest BCUT2D eigenvalue weighted by atomic mass is 35.5. The Morgan fingerprint density at radius 3 is 2.10 bits per heavy atom. The fourth-order valence-corrected chi connectivity index (χ4v) is 3.67. The van der Waals surface area contributed by atoms with Crippen LogP contribution < -0.4 is 4.90 Å². The molecule has 4 rings (SSSR count). The molecule has 1 heterocycles. The van der Waals surface area contributed by atoms with E-state index in [0.29, 0.717) is 21.8 Å². The SMILES string of the molecule is Cc1ccc(/C(O)=C2\C(=O)C(=O)N(c3ccc(O)cc3)C2c2ccc(Cl)cc2)cc1. The van der Waals surface area contributed by atoms with Gasteiger partial charge in [-0.05, 0) is 48.9 Å². The van der Waals surface area contributed by atoms with Crippen molar-refractivity contribution >= 4 is 34.7 Å². The van der Waals surface area contributed by atoms with Crippen LogP contribution in [0.15, 0.2) is 78.4 Å². The van der Waals surface area contributed by atoms with Crippen molar-refractivity contribution in [2.45, 2.75) is 13.0 Å². The first-order valence-electron chi connectivity index (χ1n) is 9.29. The maximum Gasteiger partial charge on any atom is 0.300 e. The number of aromatic hydroxyl groups is 1. The topological polar surface area (TPSA) is 77.8 Å². The van der Waals surface area contributed by atoms with E-state index in [0.717, 1.165) is 5.56 Å². The lowest BCUT2D eigenvalue weighted by atomic mass is 9.95. The molecule has 2 N–H and O–H groups in total. The zero-order valence-corrected chi connectivity index (χ0v) is 16.8. The van der Waals surface area contributed by atoms with E-state index < -0.39 is 17.7 Å². The molecule has 1 aliphatic rings. The average molecular weight is 420 g/mol. The van der Waals surface area contributed by atoms with E-state index in [1.54, 1.807) is 48.5 Å². The first kappa shape index (κ1) is 19.7. The molecule has 0 radical (unpaired) electrons. The van der Waals surface area contributed by atoms with Crippen molar-refractivity contribution in [3.8, 4) is 5.75 Å². The molecule has 30 heavy (non-hydrogen) atoms. The molecule has 3 aromatic rings. The quantitative estimate of drug-likeness (QED) is 0.356. The summed E-state index contributed by atoms with van der Waals surface area (Å²) in [6.07, 6.45) is 0. The zero-order chi connectivity index (χ0) is 21.4. The third kappa shape index (κ3) is 3.44. The molecular formula is C24H18ClNO4. The smallest absolute Gasteiger partial charge is 0.300 e. The van der Waals surface area contributed by atoms with Gasteiger partial charge in [0.05, 0.1) is 11.6 Å². The Balaban J connectivity index is 1.93. The predicted octanol–water partition coefficient (Wildman–Crippen LogP) is 4.98. The summed E-state index contributed by atoms with van der Waals surface area (Å²) in [5.74, 6) is -1.73. The van der Waals surface area contributed by atoms with E-state index in [1.807, 2.05) is 19.1 Å². The Morgan fingerprint density at radius 2 is 1.50 bits per heavy atom. The number of aliphatic hydroxyl groups is 1. The van der Waals surface area contributed by atoms with Crippen LogP contribution >= 0.6 is 11.6 Å². The number of Topliss-reactive ketones (excluding diaryl/α,β-unsaturated/α-hetero) is 1. The van der Waals surface area contributed by atoms with Crippen molar-refractivity contribution in [1.82, 2.24) is 0 Å². The number of phenolic OH excluding ortho intramolecular Hbond substituents is 1. The summed E-state index contributed by atoms with van der Waals surface area (Å²) in [5.41, 5.74) is 2.51. The van der Waals surface area contributed by atoms with Crippen LogP contribution in [0.2, 0.25) is 5.02 Å². The molecule has 6 heteroatoms. The Morgan fingerprint density at radius 1 is 0.900 bits per heavy atom. The van der Waals surface area contributed by atoms with Crippen LogP contribution in [0.25, 0.3) is 5.76 Å². The number of halogens is 1. The first-order valence-corrected chi connectivity index (χ1v) is 9.67. The van der Waals surface area contributed by atoms with Gasteiger partial charge >= 0.3 is 0 Å². The molecule has 1 fully saturated rings. The molecular weight excluding hydrogens is 402 g/mol. The Hall–Kier alpha value is -3.57. The van der Waals surface area contributed by atoms with E-state index in [-0.39, 0.29) is 17.1 Å². The average Bonchev–Trinajstić information content (AvgIpc) is 3.00. The lowest BCUT2D eigenvalue weighted by Gasteiger charge is -2.25. The third-order valence-corrected chi connectivity index (χ3v) is 5.34. The van der Waals surface area contributed by atoms with Crippen LogP contribution in [-0.4, -0.2) is 21.9 Å². The second-order valence-corrected chi connectivity index (χ2v) is 7.54. The number of rotatable bonds is 3. The molecule has 1 saturated heterocycles. The number of aliphatic hydroxyl groups excluding tert-OH is 1. The van der Waals surface area contributed by atoms with Crippen LogP contribution in [0.4, 0.5) is 5.69 Å². The zero-order valence-electron chi connectivity index (χ0n) is 16.0. The van der Waals surface area contributed by atoms with Crippen LogP contribution in [-0.2, 0) is 9.59 Å². The van der Waals surface area contributed by atoms with E-state index in [9.17, 15) is 19.8 Å². The van der Waals surface area contributed by atoms with Gasteiger partial charge in [0.25, 0.3) is 11.7 Å². The summed E-state index contributed by atoms with van der Waals surface area (Å²) in [6.45, 7) is 1.92. The highest BCUT2D eigenvalue weighted by Gasteiger charge is 2.46. The highest BCUT2D eigenvalue weighted by Crippen LogP contribution is 2.42. The Bertz CT molecular complexity index is 1150. The number of hydrogen-bond acceptors (Lipinski definition) is 4. The van der Waals surface area contributed by atoms with Gasteiger partial charge in [-0.25, -0.2) is 0 Å². The van der Waals surface area contributed by atoms with E-state index in [1.165, 1.54) is 17.0 Å². The summed E-state index contributed by atoms with van der Waals surface area (Å²) < 4.78 is 0. The number of ketones is 1. The fourth-order valence-electron chi connectivity index (χ4n) is 3.54. The Kier molecular flexibility index (Phi) is 5.06. The van der Waals surface area contributed by atoms with Crippen molar-refractivity contribution in [3.05, 3.63) is 100 Å². The molecule has 0 bridgehead atoms. The minimum atomic E-state index is -0.840. The first-order chi connectivity index (χ1) is 14.4. The molecule has 1 amide bonds. The van der Waals surface area contributed by atoms with Gasteiger partial charge in [0.15, 0.2) is 0 Å². The highest BCUT2D eigenvalue weighted by molar-refractivity contribution is 6.51. The number of aryl methyl sites for hydroxylation is 1. The molecule has 3 aromatic carbocycles. The molecule has 0 aliphatic carbocycles. The number of nitrogens with zero attached hydrogens (tertiary/aromatic N) is 1. The molecule has 0 aromatic heterocycles. The fraction of sp³-hybridized carbons (Fsp3) is 0.0833. The minimum Gasteiger partial charge on any atom is -0.508 e. The van der Waals surface area contributed by atoms with Crippen molar-refractivity contribution in [2.24, 2.45) is 0 Å². The predicted molar refractivity (Wildman–Crippen MR) is 116 cm³/mol. The molecule has 0 spiro atoms. The van der Waals surface area contributed by atoms with Gasteiger partial charge < -0.3 is 10.2 Å². The van der Waals surface area contributed by atoms with Gasteiger partial charge in [-0.1, -0.05) is 53.6 Å². The molecule has 0 saturated carbocycles. The maximum atomic E-state index is 13.0. The summed E-state index contributed by atoms with van der Waals surface area (Å²) in [5, 5.41) is 21.1. The van der Waals surface area contributed by atoms with Gasteiger partial charge in [-0.15, -0.1) is 0 Å². The molecule has 150 valence electrons. The number of amides is 1. The maximum absolute atomic E-state index is 13.0. The van der Waals surface area contributed by atoms with Crippen molar-refractivity contribution in [1.29, 1.82) is 0 Å². The normalized spacial score (nSPS) is 18.1. The van der Waals surface area contributed by atoms with Crippen LogP contribution in [0.1, 0.15) is 22.7 Å². The molecule has 5 nitrogen and oxygen atoms in total. The summed E-state index contributed by atoms with van der Waals surface area (Å²) in [7, 11) is 0. The largest absolute Gasteiger partial charge is 0.508 e. The van der Waals surface area contributed by atoms with Crippen molar-refractivity contribution < 1.29 is 19.8 Å². The van der Waals surface area contributed by atoms with Gasteiger partial charge in [0.2, 0.25) is 0 Å². The van der Waals surface area contributed by atoms with Crippen molar-refractivity contribution in [3.63, 3.8) is 0 Å². The van der Waals surface area contributed by atoms with Crippen LogP contribution in [0.3, 0.4) is 0 Å². The monoisotopic (exact) mass is 419 g/mol. The molecule has 1 atom stereocenters.